The summed E-state index contributed by atoms with van der Waals surface area (Å²) in [7, 11) is 0. The first kappa shape index (κ1) is 18.4. The molecular formula is C21H21N3O3. The van der Waals surface area contributed by atoms with E-state index in [-0.39, 0.29) is 30.7 Å². The standard InChI is InChI=1S/C21H21N3O3/c1-14(25)24-11-10-16-4-2-3-5-18(16)19(24)13-21(27)23-17-8-6-15(7-9-17)12-20(22)26/h2-11,19H,12-13H2,1H3,(H2,22,26)(H,23,27)/t19-/m1/s1. The molecular weight excluding hydrogens is 342 g/mol. The van der Waals surface area contributed by atoms with Crippen LogP contribution in [0, 0.1) is 0 Å². The van der Waals surface area contributed by atoms with Gasteiger partial charge < -0.3 is 16.0 Å². The number of fused-ring (bicyclic) bond motifs is 1. The molecule has 1 aliphatic heterocycles. The molecule has 6 heteroatoms. The van der Waals surface area contributed by atoms with Gasteiger partial charge in [-0.05, 0) is 34.9 Å². The molecule has 0 unspecified atom stereocenters. The summed E-state index contributed by atoms with van der Waals surface area (Å²) in [5.74, 6) is -0.714. The molecule has 0 spiro atoms. The largest absolute Gasteiger partial charge is 0.369 e. The van der Waals surface area contributed by atoms with Crippen molar-refractivity contribution in [1.29, 1.82) is 0 Å². The van der Waals surface area contributed by atoms with Crippen LogP contribution >= 0.6 is 0 Å². The van der Waals surface area contributed by atoms with Gasteiger partial charge in [0.05, 0.1) is 18.9 Å². The minimum atomic E-state index is -0.403. The van der Waals surface area contributed by atoms with Gasteiger partial charge >= 0.3 is 0 Å². The summed E-state index contributed by atoms with van der Waals surface area (Å²) in [6.45, 7) is 1.49. The van der Waals surface area contributed by atoms with E-state index >= 15 is 0 Å². The van der Waals surface area contributed by atoms with E-state index in [0.717, 1.165) is 16.7 Å². The highest BCUT2D eigenvalue weighted by atomic mass is 16.2. The molecule has 0 saturated heterocycles. The van der Waals surface area contributed by atoms with Crippen LogP contribution < -0.4 is 11.1 Å². The van der Waals surface area contributed by atoms with Crippen molar-refractivity contribution in [3.63, 3.8) is 0 Å². The Morgan fingerprint density at radius 2 is 1.78 bits per heavy atom. The highest BCUT2D eigenvalue weighted by Crippen LogP contribution is 2.33. The molecule has 1 atom stereocenters. The van der Waals surface area contributed by atoms with Gasteiger partial charge in [0.25, 0.3) is 0 Å². The molecule has 2 aromatic rings. The van der Waals surface area contributed by atoms with Crippen molar-refractivity contribution < 1.29 is 14.4 Å². The number of carbonyl (C=O) groups is 3. The van der Waals surface area contributed by atoms with Gasteiger partial charge in [-0.15, -0.1) is 0 Å². The number of nitrogens with zero attached hydrogens (tertiary/aromatic N) is 1. The van der Waals surface area contributed by atoms with Crippen LogP contribution in [0.2, 0.25) is 0 Å². The third-order valence-corrected chi connectivity index (χ3v) is 4.46. The maximum atomic E-state index is 12.6. The van der Waals surface area contributed by atoms with E-state index in [1.165, 1.54) is 6.92 Å². The number of rotatable bonds is 5. The lowest BCUT2D eigenvalue weighted by Crippen LogP contribution is -2.33. The number of carbonyl (C=O) groups excluding carboxylic acids is 3. The molecule has 3 N–H and O–H groups in total. The number of anilines is 1. The van der Waals surface area contributed by atoms with Gasteiger partial charge in [0, 0.05) is 18.8 Å². The fourth-order valence-electron chi connectivity index (χ4n) is 3.21. The molecule has 0 fully saturated rings. The molecule has 3 amide bonds. The number of hydrogen-bond acceptors (Lipinski definition) is 3. The van der Waals surface area contributed by atoms with Crippen molar-refractivity contribution in [2.75, 3.05) is 5.32 Å². The van der Waals surface area contributed by atoms with Crippen LogP contribution in [0.1, 0.15) is 36.1 Å². The summed E-state index contributed by atoms with van der Waals surface area (Å²) in [5, 5.41) is 2.84. The zero-order chi connectivity index (χ0) is 19.4. The number of nitrogens with two attached hydrogens (primary N) is 1. The van der Waals surface area contributed by atoms with Gasteiger partial charge in [-0.2, -0.15) is 0 Å². The van der Waals surface area contributed by atoms with Crippen LogP contribution in [0.15, 0.2) is 54.7 Å². The van der Waals surface area contributed by atoms with Gasteiger partial charge in [-0.3, -0.25) is 14.4 Å². The summed E-state index contributed by atoms with van der Waals surface area (Å²) < 4.78 is 0. The van der Waals surface area contributed by atoms with Crippen molar-refractivity contribution in [2.24, 2.45) is 5.73 Å². The Hall–Kier alpha value is -3.41. The second kappa shape index (κ2) is 7.86. The van der Waals surface area contributed by atoms with E-state index in [2.05, 4.69) is 5.32 Å². The molecule has 6 nitrogen and oxygen atoms in total. The minimum absolute atomic E-state index is 0.116. The number of nitrogens with one attached hydrogen (secondary N) is 1. The molecule has 0 saturated carbocycles. The molecule has 1 heterocycles. The van der Waals surface area contributed by atoms with E-state index in [4.69, 9.17) is 5.73 Å². The first-order valence-corrected chi connectivity index (χ1v) is 8.67. The van der Waals surface area contributed by atoms with Crippen molar-refractivity contribution in [2.45, 2.75) is 25.8 Å². The summed E-state index contributed by atoms with van der Waals surface area (Å²) in [6.07, 6.45) is 3.90. The van der Waals surface area contributed by atoms with Crippen LogP contribution in [0.5, 0.6) is 0 Å². The molecule has 3 rings (SSSR count). The molecule has 138 valence electrons. The predicted octanol–water partition coefficient (Wildman–Crippen LogP) is 2.62. The van der Waals surface area contributed by atoms with Crippen LogP contribution in [0.4, 0.5) is 5.69 Å². The van der Waals surface area contributed by atoms with Gasteiger partial charge in [0.1, 0.15) is 0 Å². The smallest absolute Gasteiger partial charge is 0.226 e. The lowest BCUT2D eigenvalue weighted by Gasteiger charge is -2.32. The highest BCUT2D eigenvalue weighted by molar-refractivity contribution is 5.92. The van der Waals surface area contributed by atoms with E-state index in [9.17, 15) is 14.4 Å². The predicted molar refractivity (Wildman–Crippen MR) is 103 cm³/mol. The monoisotopic (exact) mass is 363 g/mol. The van der Waals surface area contributed by atoms with E-state index < -0.39 is 5.91 Å². The summed E-state index contributed by atoms with van der Waals surface area (Å²) in [5.41, 5.74) is 8.54. The highest BCUT2D eigenvalue weighted by Gasteiger charge is 2.28. The Balaban J connectivity index is 1.73. The van der Waals surface area contributed by atoms with E-state index in [0.29, 0.717) is 5.69 Å². The summed E-state index contributed by atoms with van der Waals surface area (Å²) in [4.78, 5) is 37.1. The summed E-state index contributed by atoms with van der Waals surface area (Å²) >= 11 is 0. The van der Waals surface area contributed by atoms with Crippen LogP contribution in [-0.2, 0) is 20.8 Å². The second-order valence-corrected chi connectivity index (χ2v) is 6.48. The van der Waals surface area contributed by atoms with Crippen molar-refractivity contribution in [1.82, 2.24) is 4.90 Å². The number of hydrogen-bond donors (Lipinski definition) is 2. The molecule has 0 bridgehead atoms. The van der Waals surface area contributed by atoms with E-state index in [1.807, 2.05) is 30.3 Å². The first-order valence-electron chi connectivity index (χ1n) is 8.67. The molecule has 27 heavy (non-hydrogen) atoms. The average Bonchev–Trinajstić information content (AvgIpc) is 2.63. The topological polar surface area (TPSA) is 92.5 Å². The third kappa shape index (κ3) is 4.41. The first-order chi connectivity index (χ1) is 12.9. The maximum Gasteiger partial charge on any atom is 0.226 e. The molecule has 0 aromatic heterocycles. The minimum Gasteiger partial charge on any atom is -0.369 e. The Kier molecular flexibility index (Phi) is 5.35. The van der Waals surface area contributed by atoms with Crippen molar-refractivity contribution in [3.8, 4) is 0 Å². The number of amides is 3. The Morgan fingerprint density at radius 3 is 2.44 bits per heavy atom. The number of benzene rings is 2. The van der Waals surface area contributed by atoms with Gasteiger partial charge in [0.2, 0.25) is 17.7 Å². The third-order valence-electron chi connectivity index (χ3n) is 4.46. The average molecular weight is 363 g/mol. The zero-order valence-electron chi connectivity index (χ0n) is 15.0. The Morgan fingerprint density at radius 1 is 1.07 bits per heavy atom. The van der Waals surface area contributed by atoms with Crippen LogP contribution in [0.3, 0.4) is 0 Å². The maximum absolute atomic E-state index is 12.6. The van der Waals surface area contributed by atoms with Crippen molar-refractivity contribution >= 4 is 29.5 Å². The quantitative estimate of drug-likeness (QED) is 0.855. The summed E-state index contributed by atoms with van der Waals surface area (Å²) in [6, 6.07) is 14.3. The molecule has 0 aliphatic carbocycles. The molecule has 2 aromatic carbocycles. The number of primary amides is 1. The van der Waals surface area contributed by atoms with Crippen molar-refractivity contribution in [3.05, 3.63) is 71.4 Å². The Bertz CT molecular complexity index is 903. The van der Waals surface area contributed by atoms with E-state index in [1.54, 1.807) is 35.4 Å². The van der Waals surface area contributed by atoms with Crippen LogP contribution in [0.25, 0.3) is 6.08 Å². The Labute approximate surface area is 157 Å². The normalized spacial score (nSPS) is 15.1. The van der Waals surface area contributed by atoms with Gasteiger partial charge in [0.15, 0.2) is 0 Å². The van der Waals surface area contributed by atoms with Gasteiger partial charge in [-0.1, -0.05) is 36.4 Å². The fourth-order valence-corrected chi connectivity index (χ4v) is 3.21. The van der Waals surface area contributed by atoms with Crippen LogP contribution in [-0.4, -0.2) is 22.6 Å². The SMILES string of the molecule is CC(=O)N1C=Cc2ccccc2[C@H]1CC(=O)Nc1ccc(CC(N)=O)cc1. The second-order valence-electron chi connectivity index (χ2n) is 6.48. The lowest BCUT2D eigenvalue weighted by atomic mass is 9.93. The van der Waals surface area contributed by atoms with Gasteiger partial charge in [-0.25, -0.2) is 0 Å². The molecule has 1 aliphatic rings. The zero-order valence-corrected chi connectivity index (χ0v) is 15.0. The lowest BCUT2D eigenvalue weighted by molar-refractivity contribution is -0.129. The molecule has 0 radical (unpaired) electrons. The fraction of sp³-hybridized carbons (Fsp3) is 0.190.